The van der Waals surface area contributed by atoms with Gasteiger partial charge in [-0.3, -0.25) is 9.59 Å². The summed E-state index contributed by atoms with van der Waals surface area (Å²) >= 11 is 0. The van der Waals surface area contributed by atoms with Crippen molar-refractivity contribution in [3.05, 3.63) is 35.9 Å². The Morgan fingerprint density at radius 2 is 1.80 bits per heavy atom. The van der Waals surface area contributed by atoms with Crippen LogP contribution in [0.3, 0.4) is 0 Å². The molecule has 0 radical (unpaired) electrons. The van der Waals surface area contributed by atoms with Gasteiger partial charge in [0.1, 0.15) is 12.1 Å². The number of rotatable bonds is 7. The van der Waals surface area contributed by atoms with E-state index in [1.165, 1.54) is 0 Å². The molecule has 0 aromatic heterocycles. The molecular weight excluding hydrogens is 262 g/mol. The number of benzene rings is 1. The summed E-state index contributed by atoms with van der Waals surface area (Å²) in [7, 11) is 0. The molecule has 108 valence electrons. The van der Waals surface area contributed by atoms with E-state index in [2.05, 4.69) is 5.32 Å². The molecule has 7 heteroatoms. The molecule has 0 aliphatic carbocycles. The number of carbonyl (C=O) groups excluding carboxylic acids is 2. The first-order chi connectivity index (χ1) is 9.41. The van der Waals surface area contributed by atoms with Crippen LogP contribution in [-0.4, -0.2) is 28.9 Å². The Kier molecular flexibility index (Phi) is 5.67. The molecule has 0 heterocycles. The maximum atomic E-state index is 11.9. The highest BCUT2D eigenvalue weighted by Crippen LogP contribution is 2.10. The maximum Gasteiger partial charge on any atom is 0.326 e. The number of primary amides is 1. The van der Waals surface area contributed by atoms with Crippen LogP contribution in [0.1, 0.15) is 24.4 Å². The fourth-order valence-electron chi connectivity index (χ4n) is 1.62. The molecule has 1 rings (SSSR count). The first-order valence-electron chi connectivity index (χ1n) is 6.04. The first kappa shape index (κ1) is 15.6. The van der Waals surface area contributed by atoms with E-state index in [0.717, 1.165) is 0 Å². The van der Waals surface area contributed by atoms with Crippen molar-refractivity contribution in [1.82, 2.24) is 5.32 Å². The van der Waals surface area contributed by atoms with Crippen molar-refractivity contribution >= 4 is 17.8 Å². The predicted octanol–water partition coefficient (Wildman–Crippen LogP) is -0.479. The number of nitrogens with two attached hydrogens (primary N) is 2. The number of amides is 2. The van der Waals surface area contributed by atoms with E-state index in [1.807, 2.05) is 0 Å². The predicted molar refractivity (Wildman–Crippen MR) is 71.4 cm³/mol. The van der Waals surface area contributed by atoms with Crippen LogP contribution in [0.5, 0.6) is 0 Å². The zero-order chi connectivity index (χ0) is 15.1. The number of nitrogens with one attached hydrogen (secondary N) is 1. The van der Waals surface area contributed by atoms with Crippen LogP contribution < -0.4 is 16.8 Å². The summed E-state index contributed by atoms with van der Waals surface area (Å²) in [6.45, 7) is 0. The van der Waals surface area contributed by atoms with E-state index in [-0.39, 0.29) is 12.8 Å². The molecule has 0 bridgehead atoms. The van der Waals surface area contributed by atoms with Crippen molar-refractivity contribution in [2.75, 3.05) is 0 Å². The minimum Gasteiger partial charge on any atom is -0.480 e. The molecule has 0 saturated carbocycles. The van der Waals surface area contributed by atoms with E-state index in [1.54, 1.807) is 30.3 Å². The summed E-state index contributed by atoms with van der Waals surface area (Å²) < 4.78 is 0. The number of carboxylic acid groups (broad SMARTS) is 1. The van der Waals surface area contributed by atoms with Crippen molar-refractivity contribution in [2.45, 2.75) is 24.9 Å². The van der Waals surface area contributed by atoms with Gasteiger partial charge in [0.05, 0.1) is 0 Å². The Balaban J connectivity index is 2.66. The third-order valence-electron chi connectivity index (χ3n) is 2.74. The van der Waals surface area contributed by atoms with E-state index in [0.29, 0.717) is 5.56 Å². The van der Waals surface area contributed by atoms with Crippen LogP contribution in [0.4, 0.5) is 0 Å². The van der Waals surface area contributed by atoms with E-state index in [9.17, 15) is 14.4 Å². The molecule has 2 amide bonds. The second-order valence-electron chi connectivity index (χ2n) is 4.29. The SMILES string of the molecule is NC(=O)CC[C@@H](NC(=O)C(N)c1ccccc1)C(=O)O. The number of aliphatic carboxylic acids is 1. The van der Waals surface area contributed by atoms with Gasteiger partial charge in [-0.2, -0.15) is 0 Å². The van der Waals surface area contributed by atoms with Gasteiger partial charge < -0.3 is 21.9 Å². The average molecular weight is 279 g/mol. The van der Waals surface area contributed by atoms with E-state index in [4.69, 9.17) is 16.6 Å². The van der Waals surface area contributed by atoms with Crippen molar-refractivity contribution in [3.8, 4) is 0 Å². The van der Waals surface area contributed by atoms with Gasteiger partial charge in [0, 0.05) is 6.42 Å². The van der Waals surface area contributed by atoms with Gasteiger partial charge >= 0.3 is 5.97 Å². The lowest BCUT2D eigenvalue weighted by Crippen LogP contribution is -2.45. The van der Waals surface area contributed by atoms with E-state index < -0.39 is 29.9 Å². The van der Waals surface area contributed by atoms with Crippen LogP contribution in [0, 0.1) is 0 Å². The average Bonchev–Trinajstić information content (AvgIpc) is 2.42. The second-order valence-corrected chi connectivity index (χ2v) is 4.29. The molecule has 1 aromatic rings. The number of hydrogen-bond acceptors (Lipinski definition) is 4. The van der Waals surface area contributed by atoms with E-state index >= 15 is 0 Å². The number of carbonyl (C=O) groups is 3. The van der Waals surface area contributed by atoms with Gasteiger partial charge in [0.2, 0.25) is 11.8 Å². The zero-order valence-electron chi connectivity index (χ0n) is 10.8. The molecule has 0 saturated heterocycles. The normalized spacial score (nSPS) is 13.2. The fourth-order valence-corrected chi connectivity index (χ4v) is 1.62. The summed E-state index contributed by atoms with van der Waals surface area (Å²) in [5, 5.41) is 11.3. The first-order valence-corrected chi connectivity index (χ1v) is 6.04. The van der Waals surface area contributed by atoms with Crippen LogP contribution in [0.25, 0.3) is 0 Å². The summed E-state index contributed by atoms with van der Waals surface area (Å²) in [5.41, 5.74) is 11.3. The molecule has 7 nitrogen and oxygen atoms in total. The molecule has 20 heavy (non-hydrogen) atoms. The Labute approximate surface area is 115 Å². The quantitative estimate of drug-likeness (QED) is 0.534. The second kappa shape index (κ2) is 7.25. The molecule has 2 atom stereocenters. The Hall–Kier alpha value is -2.41. The minimum absolute atomic E-state index is 0.0715. The van der Waals surface area contributed by atoms with Crippen molar-refractivity contribution in [3.63, 3.8) is 0 Å². The summed E-state index contributed by atoms with van der Waals surface area (Å²) in [6, 6.07) is 6.42. The Morgan fingerprint density at radius 3 is 2.30 bits per heavy atom. The molecule has 0 aliphatic rings. The molecule has 1 unspecified atom stereocenters. The standard InChI is InChI=1S/C13H17N3O4/c14-10(17)7-6-9(13(19)20)16-12(18)11(15)8-4-2-1-3-5-8/h1-5,9,11H,6-7,15H2,(H2,14,17)(H,16,18)(H,19,20)/t9-,11?/m1/s1. The third kappa shape index (κ3) is 4.69. The van der Waals surface area contributed by atoms with Gasteiger partial charge in [-0.15, -0.1) is 0 Å². The van der Waals surface area contributed by atoms with Gasteiger partial charge in [-0.1, -0.05) is 30.3 Å². The van der Waals surface area contributed by atoms with Crippen molar-refractivity contribution < 1.29 is 19.5 Å². The number of hydrogen-bond donors (Lipinski definition) is 4. The molecule has 0 spiro atoms. The van der Waals surface area contributed by atoms with Crippen molar-refractivity contribution in [2.24, 2.45) is 11.5 Å². The molecular formula is C13H17N3O4. The Morgan fingerprint density at radius 1 is 1.20 bits per heavy atom. The summed E-state index contributed by atoms with van der Waals surface area (Å²) in [6.07, 6.45) is -0.199. The highest BCUT2D eigenvalue weighted by molar-refractivity contribution is 5.88. The topological polar surface area (TPSA) is 136 Å². The lowest BCUT2D eigenvalue weighted by atomic mass is 10.1. The summed E-state index contributed by atoms with van der Waals surface area (Å²) in [4.78, 5) is 33.5. The van der Waals surface area contributed by atoms with Crippen molar-refractivity contribution in [1.29, 1.82) is 0 Å². The molecule has 6 N–H and O–H groups in total. The van der Waals surface area contributed by atoms with Crippen LogP contribution in [-0.2, 0) is 14.4 Å². The lowest BCUT2D eigenvalue weighted by Gasteiger charge is -2.17. The molecule has 0 aliphatic heterocycles. The van der Waals surface area contributed by atoms with Gasteiger partial charge in [0.25, 0.3) is 0 Å². The molecule has 1 aromatic carbocycles. The highest BCUT2D eigenvalue weighted by atomic mass is 16.4. The smallest absolute Gasteiger partial charge is 0.326 e. The maximum absolute atomic E-state index is 11.9. The largest absolute Gasteiger partial charge is 0.480 e. The van der Waals surface area contributed by atoms with Gasteiger partial charge in [0.15, 0.2) is 0 Å². The van der Waals surface area contributed by atoms with Crippen LogP contribution in [0.2, 0.25) is 0 Å². The van der Waals surface area contributed by atoms with Crippen LogP contribution >= 0.6 is 0 Å². The van der Waals surface area contributed by atoms with Crippen LogP contribution in [0.15, 0.2) is 30.3 Å². The fraction of sp³-hybridized carbons (Fsp3) is 0.308. The number of carboxylic acids is 1. The highest BCUT2D eigenvalue weighted by Gasteiger charge is 2.24. The van der Waals surface area contributed by atoms with Gasteiger partial charge in [-0.05, 0) is 12.0 Å². The monoisotopic (exact) mass is 279 g/mol. The molecule has 0 fully saturated rings. The lowest BCUT2D eigenvalue weighted by molar-refractivity contribution is -0.142. The third-order valence-corrected chi connectivity index (χ3v) is 2.74. The Bertz CT molecular complexity index is 490. The van der Waals surface area contributed by atoms with Gasteiger partial charge in [-0.25, -0.2) is 4.79 Å². The summed E-state index contributed by atoms with van der Waals surface area (Å²) in [5.74, 6) is -2.48. The zero-order valence-corrected chi connectivity index (χ0v) is 10.8. The minimum atomic E-state index is -1.24.